The summed E-state index contributed by atoms with van der Waals surface area (Å²) in [6, 6.07) is 5.60. The molecule has 0 saturated carbocycles. The number of ether oxygens (including phenoxy) is 2. The first-order chi connectivity index (χ1) is 13.1. The SMILES string of the molecule is CCN1CCN(CC(=O)Nc2nc(-c3ccc(OC)cc3OC)cs2)CC1. The number of nitrogens with zero attached hydrogens (tertiary/aromatic N) is 3. The Morgan fingerprint density at radius 3 is 2.59 bits per heavy atom. The molecule has 0 radical (unpaired) electrons. The zero-order valence-electron chi connectivity index (χ0n) is 16.0. The number of amides is 1. The molecule has 2 heterocycles. The monoisotopic (exact) mass is 390 g/mol. The van der Waals surface area contributed by atoms with E-state index in [4.69, 9.17) is 9.47 Å². The minimum atomic E-state index is -0.0254. The first-order valence-corrected chi connectivity index (χ1v) is 9.93. The molecule has 0 unspecified atom stereocenters. The van der Waals surface area contributed by atoms with Crippen LogP contribution in [0.3, 0.4) is 0 Å². The lowest BCUT2D eigenvalue weighted by Crippen LogP contribution is -2.48. The van der Waals surface area contributed by atoms with Gasteiger partial charge in [-0.15, -0.1) is 11.3 Å². The van der Waals surface area contributed by atoms with Crippen molar-refractivity contribution in [3.8, 4) is 22.8 Å². The number of nitrogens with one attached hydrogen (secondary N) is 1. The highest BCUT2D eigenvalue weighted by atomic mass is 32.1. The summed E-state index contributed by atoms with van der Waals surface area (Å²) < 4.78 is 10.7. The number of benzene rings is 1. The van der Waals surface area contributed by atoms with Gasteiger partial charge in [-0.2, -0.15) is 0 Å². The number of carbonyl (C=O) groups is 1. The van der Waals surface area contributed by atoms with E-state index >= 15 is 0 Å². The molecule has 3 rings (SSSR count). The molecule has 27 heavy (non-hydrogen) atoms. The zero-order chi connectivity index (χ0) is 19.2. The quantitative estimate of drug-likeness (QED) is 0.783. The molecule has 2 aromatic rings. The molecule has 1 N–H and O–H groups in total. The third-order valence-electron chi connectivity index (χ3n) is 4.71. The van der Waals surface area contributed by atoms with Crippen LogP contribution in [0.4, 0.5) is 5.13 Å². The second-order valence-corrected chi connectivity index (χ2v) is 7.22. The van der Waals surface area contributed by atoms with Crippen LogP contribution in [0.1, 0.15) is 6.92 Å². The standard InChI is InChI=1S/C19H26N4O3S/c1-4-22-7-9-23(10-8-22)12-18(24)21-19-20-16(13-27-19)15-6-5-14(25-2)11-17(15)26-3/h5-6,11,13H,4,7-10,12H2,1-3H3,(H,20,21,24). The van der Waals surface area contributed by atoms with Crippen molar-refractivity contribution >= 4 is 22.4 Å². The number of hydrogen-bond acceptors (Lipinski definition) is 7. The number of carbonyl (C=O) groups excluding carboxylic acids is 1. The Balaban J connectivity index is 1.60. The van der Waals surface area contributed by atoms with E-state index in [0.29, 0.717) is 17.4 Å². The lowest BCUT2D eigenvalue weighted by atomic mass is 10.1. The van der Waals surface area contributed by atoms with E-state index in [1.165, 1.54) is 11.3 Å². The molecular weight excluding hydrogens is 364 g/mol. The van der Waals surface area contributed by atoms with Gasteiger partial charge >= 0.3 is 0 Å². The van der Waals surface area contributed by atoms with Gasteiger partial charge in [0.15, 0.2) is 5.13 Å². The lowest BCUT2D eigenvalue weighted by molar-refractivity contribution is -0.117. The van der Waals surface area contributed by atoms with Crippen molar-refractivity contribution in [2.75, 3.05) is 58.8 Å². The number of anilines is 1. The fraction of sp³-hybridized carbons (Fsp3) is 0.474. The Morgan fingerprint density at radius 2 is 1.93 bits per heavy atom. The molecule has 1 fully saturated rings. The summed E-state index contributed by atoms with van der Waals surface area (Å²) in [6.07, 6.45) is 0. The van der Waals surface area contributed by atoms with Gasteiger partial charge in [-0.25, -0.2) is 4.98 Å². The summed E-state index contributed by atoms with van der Waals surface area (Å²) in [7, 11) is 3.23. The van der Waals surface area contributed by atoms with E-state index in [-0.39, 0.29) is 5.91 Å². The summed E-state index contributed by atoms with van der Waals surface area (Å²) in [5.41, 5.74) is 1.64. The van der Waals surface area contributed by atoms with Crippen molar-refractivity contribution in [2.45, 2.75) is 6.92 Å². The molecule has 1 aromatic heterocycles. The fourth-order valence-corrected chi connectivity index (χ4v) is 3.82. The van der Waals surface area contributed by atoms with Crippen LogP contribution in [0, 0.1) is 0 Å². The van der Waals surface area contributed by atoms with Crippen LogP contribution >= 0.6 is 11.3 Å². The van der Waals surface area contributed by atoms with Crippen LogP contribution in [-0.2, 0) is 4.79 Å². The maximum absolute atomic E-state index is 12.3. The molecule has 1 aromatic carbocycles. The molecule has 0 bridgehead atoms. The Hall–Kier alpha value is -2.16. The number of hydrogen-bond donors (Lipinski definition) is 1. The number of thiazole rings is 1. The van der Waals surface area contributed by atoms with Crippen LogP contribution in [0.25, 0.3) is 11.3 Å². The van der Waals surface area contributed by atoms with Gasteiger partial charge in [0.05, 0.1) is 26.5 Å². The van der Waals surface area contributed by atoms with Crippen LogP contribution in [0.2, 0.25) is 0 Å². The molecule has 1 aliphatic heterocycles. The number of aromatic nitrogens is 1. The average Bonchev–Trinajstić information content (AvgIpc) is 3.16. The highest BCUT2D eigenvalue weighted by molar-refractivity contribution is 7.14. The summed E-state index contributed by atoms with van der Waals surface area (Å²) in [4.78, 5) is 21.5. The number of rotatable bonds is 7. The Morgan fingerprint density at radius 1 is 1.19 bits per heavy atom. The highest BCUT2D eigenvalue weighted by Gasteiger charge is 2.19. The van der Waals surface area contributed by atoms with Gasteiger partial charge in [-0.1, -0.05) is 6.92 Å². The Bertz CT molecular complexity index is 772. The van der Waals surface area contributed by atoms with Crippen LogP contribution in [0.5, 0.6) is 11.5 Å². The fourth-order valence-electron chi connectivity index (χ4n) is 3.09. The van der Waals surface area contributed by atoms with Crippen LogP contribution in [-0.4, -0.2) is 74.2 Å². The van der Waals surface area contributed by atoms with Gasteiger partial charge < -0.3 is 19.7 Å². The molecule has 1 aliphatic rings. The van der Waals surface area contributed by atoms with E-state index in [1.807, 2.05) is 23.6 Å². The molecule has 1 saturated heterocycles. The minimum absolute atomic E-state index is 0.0254. The van der Waals surface area contributed by atoms with Gasteiger partial charge in [0.25, 0.3) is 0 Å². The first kappa shape index (κ1) is 19.6. The lowest BCUT2D eigenvalue weighted by Gasteiger charge is -2.33. The second kappa shape index (κ2) is 9.16. The molecule has 7 nitrogen and oxygen atoms in total. The van der Waals surface area contributed by atoms with E-state index in [9.17, 15) is 4.79 Å². The second-order valence-electron chi connectivity index (χ2n) is 6.36. The van der Waals surface area contributed by atoms with E-state index in [2.05, 4.69) is 27.0 Å². The Kier molecular flexibility index (Phi) is 6.65. The van der Waals surface area contributed by atoms with Crippen molar-refractivity contribution in [3.63, 3.8) is 0 Å². The summed E-state index contributed by atoms with van der Waals surface area (Å²) in [6.45, 7) is 7.51. The molecule has 146 valence electrons. The van der Waals surface area contributed by atoms with E-state index < -0.39 is 0 Å². The van der Waals surface area contributed by atoms with Crippen molar-refractivity contribution in [1.29, 1.82) is 0 Å². The topological polar surface area (TPSA) is 66.9 Å². The molecule has 0 spiro atoms. The van der Waals surface area contributed by atoms with Gasteiger partial charge in [0.2, 0.25) is 5.91 Å². The van der Waals surface area contributed by atoms with Crippen LogP contribution in [0.15, 0.2) is 23.6 Å². The maximum atomic E-state index is 12.3. The average molecular weight is 391 g/mol. The summed E-state index contributed by atoms with van der Waals surface area (Å²) >= 11 is 1.41. The van der Waals surface area contributed by atoms with Crippen molar-refractivity contribution in [2.24, 2.45) is 0 Å². The van der Waals surface area contributed by atoms with E-state index in [1.54, 1.807) is 14.2 Å². The number of piperazine rings is 1. The highest BCUT2D eigenvalue weighted by Crippen LogP contribution is 2.34. The van der Waals surface area contributed by atoms with Gasteiger partial charge in [0.1, 0.15) is 11.5 Å². The molecule has 0 atom stereocenters. The van der Waals surface area contributed by atoms with Crippen molar-refractivity contribution in [3.05, 3.63) is 23.6 Å². The zero-order valence-corrected chi connectivity index (χ0v) is 16.8. The molecule has 1 amide bonds. The van der Waals surface area contributed by atoms with Gasteiger partial charge in [0, 0.05) is 43.2 Å². The normalized spacial score (nSPS) is 15.5. The molecular formula is C19H26N4O3S. The smallest absolute Gasteiger partial charge is 0.240 e. The number of methoxy groups -OCH3 is 2. The third-order valence-corrected chi connectivity index (χ3v) is 5.47. The molecule has 0 aliphatic carbocycles. The largest absolute Gasteiger partial charge is 0.497 e. The maximum Gasteiger partial charge on any atom is 0.240 e. The van der Waals surface area contributed by atoms with E-state index in [0.717, 1.165) is 49.7 Å². The predicted molar refractivity (Wildman–Crippen MR) is 108 cm³/mol. The first-order valence-electron chi connectivity index (χ1n) is 9.05. The third kappa shape index (κ3) is 4.97. The van der Waals surface area contributed by atoms with Crippen molar-refractivity contribution in [1.82, 2.24) is 14.8 Å². The summed E-state index contributed by atoms with van der Waals surface area (Å²) in [5, 5.41) is 5.43. The van der Waals surface area contributed by atoms with Crippen molar-refractivity contribution < 1.29 is 14.3 Å². The summed E-state index contributed by atoms with van der Waals surface area (Å²) in [5.74, 6) is 1.39. The predicted octanol–water partition coefficient (Wildman–Crippen LogP) is 2.40. The Labute approximate surface area is 163 Å². The number of likely N-dealkylation sites (N-methyl/N-ethyl adjacent to an activating group) is 1. The molecule has 8 heteroatoms. The van der Waals surface area contributed by atoms with Gasteiger partial charge in [-0.3, -0.25) is 9.69 Å². The minimum Gasteiger partial charge on any atom is -0.497 e. The van der Waals surface area contributed by atoms with Crippen LogP contribution < -0.4 is 14.8 Å². The van der Waals surface area contributed by atoms with Gasteiger partial charge in [-0.05, 0) is 18.7 Å².